The number of benzene rings is 1. The first-order valence-corrected chi connectivity index (χ1v) is 7.61. The van der Waals surface area contributed by atoms with Gasteiger partial charge in [-0.25, -0.2) is 0 Å². The molecule has 2 aromatic rings. The number of para-hydroxylation sites is 1. The van der Waals surface area contributed by atoms with Crippen molar-refractivity contribution in [1.29, 1.82) is 0 Å². The molecule has 0 N–H and O–H groups in total. The molecule has 4 nitrogen and oxygen atoms in total. The van der Waals surface area contributed by atoms with E-state index in [0.717, 1.165) is 29.9 Å². The molecule has 0 spiro atoms. The summed E-state index contributed by atoms with van der Waals surface area (Å²) in [4.78, 5) is 5.12. The van der Waals surface area contributed by atoms with Crippen LogP contribution in [0.1, 0.15) is 26.7 Å². The molecule has 0 aliphatic carbocycles. The molecule has 2 unspecified atom stereocenters. The summed E-state index contributed by atoms with van der Waals surface area (Å²) in [5, 5.41) is 5.46. The fourth-order valence-electron chi connectivity index (χ4n) is 4.05. The fraction of sp³-hybridized carbons (Fsp3) is 0.562. The highest BCUT2D eigenvalue weighted by molar-refractivity contribution is 5.88. The first kappa shape index (κ1) is 12.2. The molecule has 2 aliphatic rings. The second kappa shape index (κ2) is 4.48. The zero-order valence-electron chi connectivity index (χ0n) is 12.1. The van der Waals surface area contributed by atoms with Crippen LogP contribution < -0.4 is 4.90 Å². The molecule has 0 amide bonds. The van der Waals surface area contributed by atoms with Gasteiger partial charge in [0, 0.05) is 31.2 Å². The number of fused-ring (bicyclic) bond motifs is 3. The number of anilines is 1. The normalized spacial score (nSPS) is 26.9. The van der Waals surface area contributed by atoms with Gasteiger partial charge in [0.15, 0.2) is 11.4 Å². The van der Waals surface area contributed by atoms with Crippen LogP contribution in [0.25, 0.3) is 11.0 Å². The Morgan fingerprint density at radius 3 is 2.55 bits per heavy atom. The summed E-state index contributed by atoms with van der Waals surface area (Å²) in [6.07, 6.45) is 2.63. The largest absolute Gasteiger partial charge is 0.354 e. The van der Waals surface area contributed by atoms with E-state index < -0.39 is 0 Å². The third kappa shape index (κ3) is 1.74. The maximum Gasteiger partial charge on any atom is 0.180 e. The maximum atomic E-state index is 5.46. The Morgan fingerprint density at radius 1 is 1.15 bits per heavy atom. The molecule has 0 radical (unpaired) electrons. The van der Waals surface area contributed by atoms with Gasteiger partial charge in [-0.3, -0.25) is 4.90 Å². The van der Waals surface area contributed by atoms with E-state index >= 15 is 0 Å². The molecule has 2 saturated heterocycles. The van der Waals surface area contributed by atoms with Gasteiger partial charge in [0.05, 0.1) is 5.39 Å². The summed E-state index contributed by atoms with van der Waals surface area (Å²) < 4.78 is 5.46. The Labute approximate surface area is 119 Å². The Bertz CT molecular complexity index is 607. The molecule has 2 fully saturated rings. The summed E-state index contributed by atoms with van der Waals surface area (Å²) in [5.41, 5.74) is 0.890. The highest BCUT2D eigenvalue weighted by atomic mass is 16.5. The smallest absolute Gasteiger partial charge is 0.180 e. The average molecular weight is 271 g/mol. The molecule has 2 aliphatic heterocycles. The topological polar surface area (TPSA) is 32.5 Å². The minimum Gasteiger partial charge on any atom is -0.354 e. The summed E-state index contributed by atoms with van der Waals surface area (Å²) in [5.74, 6) is 1.03. The van der Waals surface area contributed by atoms with Crippen LogP contribution in [0.15, 0.2) is 28.8 Å². The quantitative estimate of drug-likeness (QED) is 0.840. The molecule has 2 atom stereocenters. The van der Waals surface area contributed by atoms with E-state index in [-0.39, 0.29) is 0 Å². The first-order valence-electron chi connectivity index (χ1n) is 7.61. The zero-order valence-corrected chi connectivity index (χ0v) is 12.1. The van der Waals surface area contributed by atoms with E-state index in [9.17, 15) is 0 Å². The molecule has 0 saturated carbocycles. The predicted octanol–water partition coefficient (Wildman–Crippen LogP) is 2.89. The van der Waals surface area contributed by atoms with Crippen LogP contribution in [0.4, 0.5) is 5.82 Å². The van der Waals surface area contributed by atoms with Crippen molar-refractivity contribution >= 4 is 16.8 Å². The summed E-state index contributed by atoms with van der Waals surface area (Å²) >= 11 is 0. The minimum atomic E-state index is 0.642. The minimum absolute atomic E-state index is 0.642. The van der Waals surface area contributed by atoms with Crippen LogP contribution >= 0.6 is 0 Å². The van der Waals surface area contributed by atoms with Gasteiger partial charge in [-0.05, 0) is 38.8 Å². The number of piperazine rings is 1. The monoisotopic (exact) mass is 271 g/mol. The van der Waals surface area contributed by atoms with E-state index in [1.807, 2.05) is 12.1 Å². The van der Waals surface area contributed by atoms with Gasteiger partial charge in [-0.2, -0.15) is 0 Å². The third-order valence-electron chi connectivity index (χ3n) is 4.79. The number of rotatable bonds is 2. The number of hydrogen-bond donors (Lipinski definition) is 0. The lowest BCUT2D eigenvalue weighted by atomic mass is 10.1. The van der Waals surface area contributed by atoms with Crippen molar-refractivity contribution in [3.8, 4) is 0 Å². The van der Waals surface area contributed by atoms with Crippen molar-refractivity contribution in [1.82, 2.24) is 10.1 Å². The molecular formula is C16H21N3O. The second-order valence-corrected chi connectivity index (χ2v) is 6.33. The Hall–Kier alpha value is -1.55. The first-order chi connectivity index (χ1) is 9.74. The third-order valence-corrected chi connectivity index (χ3v) is 4.79. The molecule has 4 rings (SSSR count). The second-order valence-electron chi connectivity index (χ2n) is 6.33. The average Bonchev–Trinajstić information content (AvgIpc) is 2.98. The SMILES string of the molecule is CC(C)N1C2CCC1CN(c1noc3ccccc13)C2. The molecule has 1 aromatic carbocycles. The van der Waals surface area contributed by atoms with Crippen molar-refractivity contribution in [2.24, 2.45) is 0 Å². The van der Waals surface area contributed by atoms with Gasteiger partial charge in [0.2, 0.25) is 0 Å². The van der Waals surface area contributed by atoms with Gasteiger partial charge in [-0.1, -0.05) is 17.3 Å². The van der Waals surface area contributed by atoms with E-state index in [0.29, 0.717) is 18.1 Å². The van der Waals surface area contributed by atoms with Crippen molar-refractivity contribution in [2.45, 2.75) is 44.8 Å². The number of nitrogens with zero attached hydrogens (tertiary/aromatic N) is 3. The van der Waals surface area contributed by atoms with E-state index in [1.54, 1.807) is 0 Å². The lowest BCUT2D eigenvalue weighted by molar-refractivity contribution is 0.129. The Morgan fingerprint density at radius 2 is 1.85 bits per heavy atom. The summed E-state index contributed by atoms with van der Waals surface area (Å²) in [6.45, 7) is 6.77. The van der Waals surface area contributed by atoms with Crippen molar-refractivity contribution in [3.05, 3.63) is 24.3 Å². The van der Waals surface area contributed by atoms with E-state index in [4.69, 9.17) is 4.52 Å². The molecule has 3 heterocycles. The van der Waals surface area contributed by atoms with E-state index in [1.165, 1.54) is 12.8 Å². The highest BCUT2D eigenvalue weighted by Crippen LogP contribution is 2.35. The van der Waals surface area contributed by atoms with Gasteiger partial charge in [0.1, 0.15) is 0 Å². The van der Waals surface area contributed by atoms with Crippen LogP contribution in [0, 0.1) is 0 Å². The number of hydrogen-bond acceptors (Lipinski definition) is 4. The highest BCUT2D eigenvalue weighted by Gasteiger charge is 2.41. The Kier molecular flexibility index (Phi) is 2.74. The van der Waals surface area contributed by atoms with Crippen LogP contribution in [0.3, 0.4) is 0 Å². The lowest BCUT2D eigenvalue weighted by Crippen LogP contribution is -2.56. The van der Waals surface area contributed by atoms with Crippen molar-refractivity contribution in [3.63, 3.8) is 0 Å². The van der Waals surface area contributed by atoms with Gasteiger partial charge >= 0.3 is 0 Å². The molecule has 1 aromatic heterocycles. The predicted molar refractivity (Wildman–Crippen MR) is 80.0 cm³/mol. The van der Waals surface area contributed by atoms with Crippen LogP contribution in [0.5, 0.6) is 0 Å². The van der Waals surface area contributed by atoms with Gasteiger partial charge in [-0.15, -0.1) is 0 Å². The van der Waals surface area contributed by atoms with Crippen LogP contribution in [-0.4, -0.2) is 41.3 Å². The molecule has 106 valence electrons. The van der Waals surface area contributed by atoms with Crippen LogP contribution in [0.2, 0.25) is 0 Å². The van der Waals surface area contributed by atoms with E-state index in [2.05, 4.69) is 40.9 Å². The Balaban J connectivity index is 1.66. The van der Waals surface area contributed by atoms with Gasteiger partial charge in [0.25, 0.3) is 0 Å². The summed E-state index contributed by atoms with van der Waals surface area (Å²) in [6, 6.07) is 10.1. The zero-order chi connectivity index (χ0) is 13.7. The van der Waals surface area contributed by atoms with Crippen molar-refractivity contribution < 1.29 is 4.52 Å². The van der Waals surface area contributed by atoms with Crippen molar-refractivity contribution in [2.75, 3.05) is 18.0 Å². The standard InChI is InChI=1S/C16H21N3O/c1-11(2)19-12-7-8-13(19)10-18(9-12)16-14-5-3-4-6-15(14)20-17-16/h3-6,11-13H,7-10H2,1-2H3. The number of aromatic nitrogens is 1. The molecule has 2 bridgehead atoms. The fourth-order valence-corrected chi connectivity index (χ4v) is 4.05. The van der Waals surface area contributed by atoms with Gasteiger partial charge < -0.3 is 9.42 Å². The molecular weight excluding hydrogens is 250 g/mol. The molecule has 20 heavy (non-hydrogen) atoms. The molecule has 4 heteroatoms. The maximum absolute atomic E-state index is 5.46. The van der Waals surface area contributed by atoms with Crippen LogP contribution in [-0.2, 0) is 0 Å². The summed E-state index contributed by atoms with van der Waals surface area (Å²) in [7, 11) is 0. The lowest BCUT2D eigenvalue weighted by Gasteiger charge is -2.43.